The molecule has 5 rings (SSSR count). The van der Waals surface area contributed by atoms with E-state index in [1.165, 1.54) is 6.20 Å². The Morgan fingerprint density at radius 3 is 2.83 bits per heavy atom. The average Bonchev–Trinajstić information content (AvgIpc) is 3.26. The number of aromatic nitrogens is 3. The standard InChI is InChI=1S/C22H26FN5O/c1-27-7-5-15(13-27)21-18(23)11-24-12-19(21)29-17-9-16(10-17)25-20-4-3-14-6-8-28(2)22(14)26-20/h3-4,6,8,11-12,15-17H,5,7,9-10,13H2,1-2H3,(H,25,26). The second kappa shape index (κ2) is 7.30. The average molecular weight is 395 g/mol. The number of likely N-dealkylation sites (N-methyl/N-ethyl adjacent to an activating group) is 1. The second-order valence-electron chi connectivity index (χ2n) is 8.37. The fraction of sp³-hybridized carbons (Fsp3) is 0.455. The quantitative estimate of drug-likeness (QED) is 0.716. The molecule has 3 aromatic heterocycles. The monoisotopic (exact) mass is 395 g/mol. The van der Waals surface area contributed by atoms with Crippen molar-refractivity contribution in [1.29, 1.82) is 0 Å². The first-order valence-electron chi connectivity index (χ1n) is 10.2. The van der Waals surface area contributed by atoms with Crippen molar-refractivity contribution in [2.75, 3.05) is 25.5 Å². The summed E-state index contributed by atoms with van der Waals surface area (Å²) in [7, 11) is 4.07. The summed E-state index contributed by atoms with van der Waals surface area (Å²) in [6, 6.07) is 6.47. The highest BCUT2D eigenvalue weighted by molar-refractivity contribution is 5.77. The van der Waals surface area contributed by atoms with Crippen LogP contribution in [0, 0.1) is 5.82 Å². The van der Waals surface area contributed by atoms with Crippen molar-refractivity contribution in [3.05, 3.63) is 48.2 Å². The second-order valence-corrected chi connectivity index (χ2v) is 8.37. The lowest BCUT2D eigenvalue weighted by Gasteiger charge is -2.36. The maximum atomic E-state index is 14.5. The molecule has 1 saturated heterocycles. The van der Waals surface area contributed by atoms with Crippen LogP contribution in [-0.2, 0) is 7.05 Å². The van der Waals surface area contributed by atoms with Gasteiger partial charge in [-0.2, -0.15) is 0 Å². The number of hydrogen-bond donors (Lipinski definition) is 1. The van der Waals surface area contributed by atoms with Gasteiger partial charge in [-0.15, -0.1) is 0 Å². The summed E-state index contributed by atoms with van der Waals surface area (Å²) in [6.45, 7) is 1.85. The summed E-state index contributed by atoms with van der Waals surface area (Å²) in [4.78, 5) is 11.0. The minimum atomic E-state index is -0.253. The van der Waals surface area contributed by atoms with Crippen LogP contribution in [0.3, 0.4) is 0 Å². The van der Waals surface area contributed by atoms with E-state index in [4.69, 9.17) is 9.72 Å². The Kier molecular flexibility index (Phi) is 4.62. The molecule has 4 heterocycles. The summed E-state index contributed by atoms with van der Waals surface area (Å²) in [5.41, 5.74) is 1.66. The molecule has 0 spiro atoms. The van der Waals surface area contributed by atoms with Gasteiger partial charge in [-0.1, -0.05) is 0 Å². The smallest absolute Gasteiger partial charge is 0.148 e. The molecule has 1 saturated carbocycles. The predicted molar refractivity (Wildman–Crippen MR) is 111 cm³/mol. The van der Waals surface area contributed by atoms with E-state index in [0.29, 0.717) is 17.4 Å². The molecule has 0 radical (unpaired) electrons. The van der Waals surface area contributed by atoms with Crippen LogP contribution >= 0.6 is 0 Å². The molecule has 0 aromatic carbocycles. The molecule has 0 amide bonds. The van der Waals surface area contributed by atoms with E-state index < -0.39 is 0 Å². The number of ether oxygens (including phenoxy) is 1. The first kappa shape index (κ1) is 18.4. The van der Waals surface area contributed by atoms with E-state index in [2.05, 4.69) is 34.4 Å². The Balaban J connectivity index is 1.23. The van der Waals surface area contributed by atoms with Crippen molar-refractivity contribution >= 4 is 16.9 Å². The van der Waals surface area contributed by atoms with Crippen LogP contribution in [0.15, 0.2) is 36.8 Å². The lowest BCUT2D eigenvalue weighted by atomic mass is 9.89. The third-order valence-corrected chi connectivity index (χ3v) is 6.16. The first-order chi connectivity index (χ1) is 14.1. The topological polar surface area (TPSA) is 55.2 Å². The number of pyridine rings is 2. The van der Waals surface area contributed by atoms with Crippen molar-refractivity contribution < 1.29 is 9.13 Å². The Morgan fingerprint density at radius 1 is 1.17 bits per heavy atom. The largest absolute Gasteiger partial charge is 0.488 e. The molecule has 1 unspecified atom stereocenters. The van der Waals surface area contributed by atoms with Crippen LogP contribution in [0.5, 0.6) is 5.75 Å². The number of anilines is 1. The van der Waals surface area contributed by atoms with Gasteiger partial charge in [0.05, 0.1) is 12.4 Å². The summed E-state index contributed by atoms with van der Waals surface area (Å²) < 4.78 is 22.7. The molecule has 1 N–H and O–H groups in total. The molecule has 2 fully saturated rings. The van der Waals surface area contributed by atoms with Crippen molar-refractivity contribution in [1.82, 2.24) is 19.4 Å². The molecule has 29 heavy (non-hydrogen) atoms. The van der Waals surface area contributed by atoms with Gasteiger partial charge < -0.3 is 19.5 Å². The normalized spacial score (nSPS) is 24.6. The number of fused-ring (bicyclic) bond motifs is 1. The van der Waals surface area contributed by atoms with Gasteiger partial charge in [0.2, 0.25) is 0 Å². The van der Waals surface area contributed by atoms with Crippen molar-refractivity contribution in [2.24, 2.45) is 7.05 Å². The van der Waals surface area contributed by atoms with Crippen LogP contribution in [0.4, 0.5) is 10.2 Å². The molecule has 6 nitrogen and oxygen atoms in total. The molecular formula is C22H26FN5O. The van der Waals surface area contributed by atoms with E-state index in [-0.39, 0.29) is 17.8 Å². The van der Waals surface area contributed by atoms with Crippen LogP contribution in [0.2, 0.25) is 0 Å². The van der Waals surface area contributed by atoms with Gasteiger partial charge in [0, 0.05) is 55.5 Å². The van der Waals surface area contributed by atoms with Crippen molar-refractivity contribution in [3.63, 3.8) is 0 Å². The summed E-state index contributed by atoms with van der Waals surface area (Å²) in [6.07, 6.45) is 7.75. The van der Waals surface area contributed by atoms with Gasteiger partial charge in [-0.05, 0) is 38.2 Å². The number of rotatable bonds is 5. The van der Waals surface area contributed by atoms with E-state index >= 15 is 0 Å². The number of nitrogens with zero attached hydrogens (tertiary/aromatic N) is 4. The number of halogens is 1. The zero-order chi connectivity index (χ0) is 20.0. The Labute approximate surface area is 169 Å². The lowest BCUT2D eigenvalue weighted by Crippen LogP contribution is -2.43. The van der Waals surface area contributed by atoms with E-state index in [9.17, 15) is 4.39 Å². The van der Waals surface area contributed by atoms with Gasteiger partial charge in [0.25, 0.3) is 0 Å². The number of aryl methyl sites for hydroxylation is 1. The first-order valence-corrected chi connectivity index (χ1v) is 10.2. The third kappa shape index (κ3) is 3.55. The molecule has 2 aliphatic rings. The molecule has 7 heteroatoms. The number of hydrogen-bond acceptors (Lipinski definition) is 5. The highest BCUT2D eigenvalue weighted by Crippen LogP contribution is 2.37. The molecule has 1 aliphatic carbocycles. The Hall–Kier alpha value is -2.67. The van der Waals surface area contributed by atoms with Crippen LogP contribution in [0.25, 0.3) is 11.0 Å². The molecule has 0 bridgehead atoms. The van der Waals surface area contributed by atoms with Crippen LogP contribution in [0.1, 0.15) is 30.7 Å². The highest BCUT2D eigenvalue weighted by atomic mass is 19.1. The number of likely N-dealkylation sites (tertiary alicyclic amines) is 1. The minimum Gasteiger partial charge on any atom is -0.488 e. The zero-order valence-electron chi connectivity index (χ0n) is 16.8. The third-order valence-electron chi connectivity index (χ3n) is 6.16. The Bertz CT molecular complexity index is 1030. The van der Waals surface area contributed by atoms with E-state index in [1.54, 1.807) is 6.20 Å². The van der Waals surface area contributed by atoms with Gasteiger partial charge in [0.1, 0.15) is 29.1 Å². The van der Waals surface area contributed by atoms with Gasteiger partial charge >= 0.3 is 0 Å². The van der Waals surface area contributed by atoms with Gasteiger partial charge in [0.15, 0.2) is 0 Å². The van der Waals surface area contributed by atoms with E-state index in [0.717, 1.165) is 49.2 Å². The Morgan fingerprint density at radius 2 is 2.03 bits per heavy atom. The molecular weight excluding hydrogens is 369 g/mol. The summed E-state index contributed by atoms with van der Waals surface area (Å²) in [5.74, 6) is 1.41. The summed E-state index contributed by atoms with van der Waals surface area (Å²) in [5, 5.41) is 4.63. The number of nitrogens with one attached hydrogen (secondary N) is 1. The maximum Gasteiger partial charge on any atom is 0.148 e. The fourth-order valence-electron chi connectivity index (χ4n) is 4.47. The predicted octanol–water partition coefficient (Wildman–Crippen LogP) is 3.55. The highest BCUT2D eigenvalue weighted by Gasteiger charge is 2.34. The maximum absolute atomic E-state index is 14.5. The van der Waals surface area contributed by atoms with Gasteiger partial charge in [-0.3, -0.25) is 4.98 Å². The SMILES string of the molecule is CN1CCC(c2c(F)cncc2OC2CC(Nc3ccc4ccn(C)c4n3)C2)C1. The zero-order valence-corrected chi connectivity index (χ0v) is 16.8. The van der Waals surface area contributed by atoms with Crippen molar-refractivity contribution in [3.8, 4) is 5.75 Å². The van der Waals surface area contributed by atoms with Gasteiger partial charge in [-0.25, -0.2) is 9.37 Å². The lowest BCUT2D eigenvalue weighted by molar-refractivity contribution is 0.105. The minimum absolute atomic E-state index is 0.0766. The molecule has 3 aromatic rings. The van der Waals surface area contributed by atoms with Crippen LogP contribution < -0.4 is 10.1 Å². The molecule has 152 valence electrons. The van der Waals surface area contributed by atoms with Crippen molar-refractivity contribution in [2.45, 2.75) is 37.3 Å². The van der Waals surface area contributed by atoms with E-state index in [1.807, 2.05) is 23.9 Å². The summed E-state index contributed by atoms with van der Waals surface area (Å²) >= 11 is 0. The molecule has 1 aliphatic heterocycles. The van der Waals surface area contributed by atoms with Crippen LogP contribution in [-0.4, -0.2) is 51.7 Å². The fourth-order valence-corrected chi connectivity index (χ4v) is 4.47. The molecule has 1 atom stereocenters.